The van der Waals surface area contributed by atoms with Gasteiger partial charge in [0.2, 0.25) is 0 Å². The van der Waals surface area contributed by atoms with Crippen molar-refractivity contribution in [1.29, 1.82) is 0 Å². The quantitative estimate of drug-likeness (QED) is 0.652. The molecule has 3 rings (SSSR count). The lowest BCUT2D eigenvalue weighted by molar-refractivity contribution is 0.0696. The first-order valence-corrected chi connectivity index (χ1v) is 8.57. The predicted octanol–water partition coefficient (Wildman–Crippen LogP) is 4.14. The molecule has 0 saturated heterocycles. The number of alkyl halides is 1. The minimum Gasteiger partial charge on any atom is -0.478 e. The molecule has 0 aliphatic rings. The van der Waals surface area contributed by atoms with Crippen LogP contribution in [-0.4, -0.2) is 26.0 Å². The van der Waals surface area contributed by atoms with Gasteiger partial charge in [0.15, 0.2) is 22.5 Å². The maximum atomic E-state index is 13.6. The first kappa shape index (κ1) is 16.6. The molecule has 0 fully saturated rings. The first-order valence-electron chi connectivity index (χ1n) is 6.56. The minimum absolute atomic E-state index is 0.0102. The summed E-state index contributed by atoms with van der Waals surface area (Å²) in [5, 5.41) is 11.9. The lowest BCUT2D eigenvalue weighted by Crippen LogP contribution is -2.10. The van der Waals surface area contributed by atoms with Crippen molar-refractivity contribution in [1.82, 2.24) is 15.0 Å². The molecule has 122 valence electrons. The number of thiazole rings is 1. The first-order chi connectivity index (χ1) is 11.5. The van der Waals surface area contributed by atoms with Gasteiger partial charge < -0.3 is 5.11 Å². The van der Waals surface area contributed by atoms with Gasteiger partial charge in [0.25, 0.3) is 0 Å². The van der Waals surface area contributed by atoms with Crippen LogP contribution in [0.1, 0.15) is 16.1 Å². The van der Waals surface area contributed by atoms with Crippen molar-refractivity contribution in [3.63, 3.8) is 0 Å². The largest absolute Gasteiger partial charge is 0.478 e. The van der Waals surface area contributed by atoms with Crippen LogP contribution in [0.2, 0.25) is 0 Å². The van der Waals surface area contributed by atoms with E-state index in [9.17, 15) is 18.7 Å². The van der Waals surface area contributed by atoms with Gasteiger partial charge in [-0.2, -0.15) is 0 Å². The molecule has 24 heavy (non-hydrogen) atoms. The summed E-state index contributed by atoms with van der Waals surface area (Å²) in [7, 11) is 0. The Labute approximate surface area is 147 Å². The number of carboxylic acid groups (broad SMARTS) is 1. The molecule has 3 aromatic rings. The molecule has 0 atom stereocenters. The topological polar surface area (TPSA) is 76.0 Å². The van der Waals surface area contributed by atoms with E-state index in [0.29, 0.717) is 5.01 Å². The van der Waals surface area contributed by atoms with Gasteiger partial charge in [0.05, 0.1) is 11.4 Å². The van der Waals surface area contributed by atoms with E-state index in [-0.39, 0.29) is 33.7 Å². The Morgan fingerprint density at radius 1 is 1.25 bits per heavy atom. The van der Waals surface area contributed by atoms with Crippen molar-refractivity contribution < 1.29 is 18.7 Å². The predicted molar refractivity (Wildman–Crippen MR) is 88.1 cm³/mol. The van der Waals surface area contributed by atoms with Gasteiger partial charge in [-0.15, -0.1) is 11.3 Å². The Hall–Kier alpha value is -2.26. The average Bonchev–Trinajstić information content (AvgIpc) is 3.10. The molecular weight excluding hydrogens is 404 g/mol. The van der Waals surface area contributed by atoms with Crippen molar-refractivity contribution >= 4 is 33.2 Å². The van der Waals surface area contributed by atoms with Crippen LogP contribution in [0.4, 0.5) is 8.78 Å². The van der Waals surface area contributed by atoms with Crippen molar-refractivity contribution in [3.05, 3.63) is 52.7 Å². The molecule has 0 radical (unpaired) electrons. The van der Waals surface area contributed by atoms with Gasteiger partial charge in [-0.1, -0.05) is 15.9 Å². The third-order valence-corrected chi connectivity index (χ3v) is 4.44. The Morgan fingerprint density at radius 2 is 2.04 bits per heavy atom. The zero-order chi connectivity index (χ0) is 17.3. The molecule has 0 bridgehead atoms. The summed E-state index contributed by atoms with van der Waals surface area (Å²) in [5.41, 5.74) is 0.213. The molecule has 0 spiro atoms. The fourth-order valence-corrected chi connectivity index (χ4v) is 3.09. The fraction of sp³-hybridized carbons (Fsp3) is 0.0667. The number of hydrogen-bond donors (Lipinski definition) is 1. The van der Waals surface area contributed by atoms with E-state index < -0.39 is 17.6 Å². The molecule has 0 amide bonds. The number of carboxylic acids is 1. The highest BCUT2D eigenvalue weighted by Gasteiger charge is 2.23. The highest BCUT2D eigenvalue weighted by molar-refractivity contribution is 9.08. The third kappa shape index (κ3) is 3.04. The van der Waals surface area contributed by atoms with Gasteiger partial charge in [-0.05, 0) is 18.2 Å². The van der Waals surface area contributed by atoms with Crippen LogP contribution in [0.5, 0.6) is 0 Å². The number of rotatable bonds is 4. The maximum Gasteiger partial charge on any atom is 0.339 e. The lowest BCUT2D eigenvalue weighted by atomic mass is 10.0. The highest BCUT2D eigenvalue weighted by Crippen LogP contribution is 2.29. The summed E-state index contributed by atoms with van der Waals surface area (Å²) in [4.78, 5) is 24.2. The molecule has 1 N–H and O–H groups in total. The van der Waals surface area contributed by atoms with E-state index in [4.69, 9.17) is 0 Å². The molecular formula is C15H8BrF2N3O2S. The molecule has 5 nitrogen and oxygen atoms in total. The number of aromatic nitrogens is 3. The molecule has 0 unspecified atom stereocenters. The van der Waals surface area contributed by atoms with Crippen LogP contribution >= 0.6 is 27.3 Å². The summed E-state index contributed by atoms with van der Waals surface area (Å²) in [5.74, 6) is -3.14. The zero-order valence-corrected chi connectivity index (χ0v) is 14.2. The fourth-order valence-electron chi connectivity index (χ4n) is 2.11. The standard InChI is InChI=1S/C15H8BrF2N3O2S/c16-6-10-11(15(22)23)12(7-1-2-8(17)9(18)5-7)21-13(20-10)14-19-3-4-24-14/h1-5H,6H2,(H,22,23). The van der Waals surface area contributed by atoms with Crippen molar-refractivity contribution in [2.24, 2.45) is 0 Å². The van der Waals surface area contributed by atoms with Crippen LogP contribution in [-0.2, 0) is 5.33 Å². The number of nitrogens with zero attached hydrogens (tertiary/aromatic N) is 3. The summed E-state index contributed by atoms with van der Waals surface area (Å²) in [6.07, 6.45) is 1.57. The van der Waals surface area contributed by atoms with Gasteiger partial charge in [0, 0.05) is 22.5 Å². The smallest absolute Gasteiger partial charge is 0.339 e. The molecule has 9 heteroatoms. The normalized spacial score (nSPS) is 10.8. The average molecular weight is 412 g/mol. The second-order valence-electron chi connectivity index (χ2n) is 4.62. The number of carbonyl (C=O) groups is 1. The van der Waals surface area contributed by atoms with E-state index in [1.165, 1.54) is 17.4 Å². The Balaban J connectivity index is 2.30. The zero-order valence-electron chi connectivity index (χ0n) is 11.8. The SMILES string of the molecule is O=C(O)c1c(CBr)nc(-c2nccs2)nc1-c1ccc(F)c(F)c1. The van der Waals surface area contributed by atoms with Crippen LogP contribution in [0, 0.1) is 11.6 Å². The minimum atomic E-state index is -1.25. The molecule has 2 aromatic heterocycles. The molecule has 0 aliphatic heterocycles. The number of benzene rings is 1. The summed E-state index contributed by atoms with van der Waals surface area (Å²) >= 11 is 4.49. The van der Waals surface area contributed by atoms with Crippen LogP contribution in [0.25, 0.3) is 22.1 Å². The second kappa shape index (κ2) is 6.70. The maximum absolute atomic E-state index is 13.6. The van der Waals surface area contributed by atoms with Crippen molar-refractivity contribution in [2.75, 3.05) is 0 Å². The summed E-state index contributed by atoms with van der Waals surface area (Å²) in [6.45, 7) is 0. The van der Waals surface area contributed by atoms with Crippen molar-refractivity contribution in [3.8, 4) is 22.1 Å². The van der Waals surface area contributed by atoms with Crippen LogP contribution < -0.4 is 0 Å². The van der Waals surface area contributed by atoms with E-state index in [1.807, 2.05) is 0 Å². The molecule has 0 aliphatic carbocycles. The van der Waals surface area contributed by atoms with E-state index in [0.717, 1.165) is 12.1 Å². The summed E-state index contributed by atoms with van der Waals surface area (Å²) in [6, 6.07) is 3.11. The number of aromatic carboxylic acids is 1. The number of hydrogen-bond acceptors (Lipinski definition) is 5. The second-order valence-corrected chi connectivity index (χ2v) is 6.08. The van der Waals surface area contributed by atoms with E-state index in [1.54, 1.807) is 11.6 Å². The van der Waals surface area contributed by atoms with E-state index in [2.05, 4.69) is 30.9 Å². The molecule has 2 heterocycles. The van der Waals surface area contributed by atoms with E-state index >= 15 is 0 Å². The monoisotopic (exact) mass is 411 g/mol. The van der Waals surface area contributed by atoms with Crippen molar-refractivity contribution in [2.45, 2.75) is 5.33 Å². The third-order valence-electron chi connectivity index (χ3n) is 3.14. The lowest BCUT2D eigenvalue weighted by Gasteiger charge is -2.11. The van der Waals surface area contributed by atoms with Crippen LogP contribution in [0.3, 0.4) is 0 Å². The Morgan fingerprint density at radius 3 is 2.62 bits per heavy atom. The van der Waals surface area contributed by atoms with Crippen LogP contribution in [0.15, 0.2) is 29.8 Å². The summed E-state index contributed by atoms with van der Waals surface area (Å²) < 4.78 is 26.8. The molecule has 1 aromatic carbocycles. The number of halogens is 3. The van der Waals surface area contributed by atoms with Gasteiger partial charge in [0.1, 0.15) is 5.56 Å². The Kier molecular flexibility index (Phi) is 4.63. The molecule has 0 saturated carbocycles. The highest BCUT2D eigenvalue weighted by atomic mass is 79.9. The van der Waals surface area contributed by atoms with Gasteiger partial charge in [-0.25, -0.2) is 28.5 Å². The Bertz CT molecular complexity index is 919. The van der Waals surface area contributed by atoms with Gasteiger partial charge >= 0.3 is 5.97 Å². The van der Waals surface area contributed by atoms with Gasteiger partial charge in [-0.3, -0.25) is 0 Å².